The Hall–Kier alpha value is -7.60. The fourth-order valence-corrected chi connectivity index (χ4v) is 9.13. The van der Waals surface area contributed by atoms with Gasteiger partial charge in [-0.05, 0) is 136 Å². The standard InChI is InChI=1S/C22H25ClN2O.C18H18O.C17H15BrO.C17H15FO.ClH/c1-24-13-15-25(16-14-24)12-11-22(26)21(19-5-3-2-4-6-19)17-18-7-9-20(23)10-8-18;1-3-18(19)17(16-7-5-4-6-8-16)13-15-11-9-14(2)10-12-15;2*1-2-17(19)16(14-6-4-3-5-7-14)12-13-8-10-15(18)11-9-13;/h2-10,17H,11-16H2,1H3;3-13,18-19H,1H2,2H3;2*2-12,17,19H,1H2;1H/b21-17-;17-13-;2*16-12-;. The van der Waals surface area contributed by atoms with E-state index in [4.69, 9.17) is 11.6 Å². The summed E-state index contributed by atoms with van der Waals surface area (Å²) in [6, 6.07) is 69.1. The van der Waals surface area contributed by atoms with Gasteiger partial charge in [-0.2, -0.15) is 0 Å². The topological polar surface area (TPSA) is 84.2 Å². The number of aliphatic hydroxyl groups is 3. The molecule has 0 aromatic heterocycles. The molecule has 1 aliphatic heterocycles. The van der Waals surface area contributed by atoms with Crippen LogP contribution in [0.2, 0.25) is 5.02 Å². The van der Waals surface area contributed by atoms with Gasteiger partial charge in [0.1, 0.15) is 5.82 Å². The molecule has 10 heteroatoms. The second kappa shape index (κ2) is 36.2. The number of aliphatic hydroxyl groups excluding tert-OH is 3. The Morgan fingerprint density at radius 1 is 0.512 bits per heavy atom. The molecule has 9 rings (SSSR count). The molecule has 0 saturated carbocycles. The van der Waals surface area contributed by atoms with Crippen LogP contribution in [0.4, 0.5) is 4.39 Å². The van der Waals surface area contributed by atoms with Crippen LogP contribution in [-0.4, -0.2) is 89.0 Å². The van der Waals surface area contributed by atoms with E-state index < -0.39 is 18.3 Å². The molecular formula is C74H74BrCl2FN2O4. The molecule has 1 saturated heterocycles. The van der Waals surface area contributed by atoms with Crippen molar-refractivity contribution in [2.24, 2.45) is 0 Å². The fraction of sp³-hybridized carbons (Fsp3) is 0.149. The number of likely N-dealkylation sites (N-methyl/N-ethyl adjacent to an activating group) is 1. The molecule has 1 heterocycles. The van der Waals surface area contributed by atoms with Crippen LogP contribution in [0.5, 0.6) is 0 Å². The summed E-state index contributed by atoms with van der Waals surface area (Å²) in [5.74, 6) is -0.0900. The van der Waals surface area contributed by atoms with Crippen molar-refractivity contribution in [2.45, 2.75) is 31.7 Å². The number of benzene rings is 8. The highest BCUT2D eigenvalue weighted by Crippen LogP contribution is 2.27. The molecule has 1 fully saturated rings. The summed E-state index contributed by atoms with van der Waals surface area (Å²) < 4.78 is 13.9. The third kappa shape index (κ3) is 22.5. The fourth-order valence-electron chi connectivity index (χ4n) is 8.74. The Morgan fingerprint density at radius 2 is 0.845 bits per heavy atom. The maximum absolute atomic E-state index is 13.0. The van der Waals surface area contributed by atoms with Gasteiger partial charge in [-0.1, -0.05) is 233 Å². The second-order valence-corrected chi connectivity index (χ2v) is 21.1. The van der Waals surface area contributed by atoms with E-state index in [2.05, 4.69) is 71.6 Å². The third-order valence-corrected chi connectivity index (χ3v) is 14.3. The van der Waals surface area contributed by atoms with Gasteiger partial charge in [-0.25, -0.2) is 4.39 Å². The zero-order chi connectivity index (χ0) is 59.3. The smallest absolute Gasteiger partial charge is 0.164 e. The third-order valence-electron chi connectivity index (χ3n) is 13.5. The zero-order valence-corrected chi connectivity index (χ0v) is 50.8. The number of carbonyl (C=O) groups excluding carboxylic acids is 1. The number of nitrogens with zero attached hydrogens (tertiary/aromatic N) is 2. The minimum Gasteiger partial charge on any atom is -0.384 e. The number of ketones is 1. The van der Waals surface area contributed by atoms with Crippen LogP contribution in [0.3, 0.4) is 0 Å². The number of Topliss-reactive ketones (excluding diaryl/α,β-unsaturated/α-hetero) is 1. The van der Waals surface area contributed by atoms with Gasteiger partial charge in [0.05, 0.1) is 18.3 Å². The predicted octanol–water partition coefficient (Wildman–Crippen LogP) is 17.0. The highest BCUT2D eigenvalue weighted by Gasteiger charge is 2.18. The summed E-state index contributed by atoms with van der Waals surface area (Å²) in [6.45, 7) is 18.0. The highest BCUT2D eigenvalue weighted by atomic mass is 79.9. The van der Waals surface area contributed by atoms with E-state index in [0.717, 1.165) is 104 Å². The normalized spacial score (nSPS) is 14.0. The van der Waals surface area contributed by atoms with Crippen molar-refractivity contribution in [1.29, 1.82) is 0 Å². The van der Waals surface area contributed by atoms with E-state index in [-0.39, 0.29) is 24.0 Å². The highest BCUT2D eigenvalue weighted by molar-refractivity contribution is 9.10. The van der Waals surface area contributed by atoms with Crippen LogP contribution in [0.1, 0.15) is 56.5 Å². The van der Waals surface area contributed by atoms with E-state index in [1.54, 1.807) is 18.2 Å². The van der Waals surface area contributed by atoms with Crippen LogP contribution >= 0.6 is 39.9 Å². The molecule has 3 atom stereocenters. The van der Waals surface area contributed by atoms with Crippen molar-refractivity contribution in [3.63, 3.8) is 0 Å². The average Bonchev–Trinajstić information content (AvgIpc) is 3.63. The molecule has 3 unspecified atom stereocenters. The zero-order valence-electron chi connectivity index (χ0n) is 47.6. The lowest BCUT2D eigenvalue weighted by Gasteiger charge is -2.32. The van der Waals surface area contributed by atoms with E-state index in [1.165, 1.54) is 29.8 Å². The summed E-state index contributed by atoms with van der Waals surface area (Å²) in [6.07, 6.45) is 10.8. The quantitative estimate of drug-likeness (QED) is 0.0451. The number of hydrogen-bond acceptors (Lipinski definition) is 6. The maximum atomic E-state index is 13.0. The predicted molar refractivity (Wildman–Crippen MR) is 360 cm³/mol. The number of halogens is 4. The number of piperazine rings is 1. The first-order valence-electron chi connectivity index (χ1n) is 27.5. The molecule has 8 aromatic carbocycles. The van der Waals surface area contributed by atoms with Gasteiger partial charge in [0, 0.05) is 54.2 Å². The molecule has 0 amide bonds. The number of carbonyl (C=O) groups is 1. The van der Waals surface area contributed by atoms with Crippen LogP contribution in [0, 0.1) is 12.7 Å². The lowest BCUT2D eigenvalue weighted by molar-refractivity contribution is -0.114. The molecule has 1 aliphatic rings. The summed E-state index contributed by atoms with van der Waals surface area (Å²) >= 11 is 9.39. The van der Waals surface area contributed by atoms with Crippen molar-refractivity contribution in [3.05, 3.63) is 322 Å². The summed E-state index contributed by atoms with van der Waals surface area (Å²) in [5.41, 5.74) is 12.3. The van der Waals surface area contributed by atoms with Gasteiger partial charge in [0.2, 0.25) is 0 Å². The Bertz CT molecular complexity index is 3130. The van der Waals surface area contributed by atoms with Crippen LogP contribution in [0.25, 0.3) is 46.6 Å². The number of allylic oxidation sites excluding steroid dienone is 1. The van der Waals surface area contributed by atoms with Gasteiger partial charge in [0.25, 0.3) is 0 Å². The average molecular weight is 1230 g/mol. The van der Waals surface area contributed by atoms with E-state index in [1.807, 2.05) is 206 Å². The monoisotopic (exact) mass is 1220 g/mol. The van der Waals surface area contributed by atoms with Gasteiger partial charge in [-0.3, -0.25) is 4.79 Å². The van der Waals surface area contributed by atoms with Crippen molar-refractivity contribution in [2.75, 3.05) is 39.8 Å². The van der Waals surface area contributed by atoms with Crippen molar-refractivity contribution >= 4 is 92.3 Å². The van der Waals surface area contributed by atoms with Crippen LogP contribution in [-0.2, 0) is 4.79 Å². The van der Waals surface area contributed by atoms with Gasteiger partial charge in [0.15, 0.2) is 5.78 Å². The summed E-state index contributed by atoms with van der Waals surface area (Å²) in [4.78, 5) is 17.7. The Kier molecular flexibility index (Phi) is 28.9. The lowest BCUT2D eigenvalue weighted by atomic mass is 9.97. The summed E-state index contributed by atoms with van der Waals surface area (Å²) in [7, 11) is 2.14. The maximum Gasteiger partial charge on any atom is 0.164 e. The number of aryl methyl sites for hydroxylation is 1. The van der Waals surface area contributed by atoms with Crippen molar-refractivity contribution in [3.8, 4) is 0 Å². The molecule has 84 heavy (non-hydrogen) atoms. The van der Waals surface area contributed by atoms with Crippen LogP contribution < -0.4 is 0 Å². The first-order valence-corrected chi connectivity index (χ1v) is 28.7. The Labute approximate surface area is 516 Å². The van der Waals surface area contributed by atoms with Gasteiger partial charge < -0.3 is 25.1 Å². The minimum atomic E-state index is -0.757. The first-order chi connectivity index (χ1) is 40.2. The molecular weight excluding hydrogens is 1150 g/mol. The summed E-state index contributed by atoms with van der Waals surface area (Å²) in [5, 5.41) is 30.9. The van der Waals surface area contributed by atoms with Crippen molar-refractivity contribution in [1.82, 2.24) is 9.80 Å². The van der Waals surface area contributed by atoms with E-state index >= 15 is 0 Å². The molecule has 432 valence electrons. The van der Waals surface area contributed by atoms with Crippen LogP contribution in [0.15, 0.2) is 261 Å². The number of rotatable bonds is 18. The molecule has 0 aliphatic carbocycles. The molecule has 0 bridgehead atoms. The first kappa shape index (κ1) is 67.2. The largest absolute Gasteiger partial charge is 0.384 e. The minimum absolute atomic E-state index is 0. The molecule has 0 spiro atoms. The lowest BCUT2D eigenvalue weighted by Crippen LogP contribution is -2.45. The van der Waals surface area contributed by atoms with Gasteiger partial charge in [-0.15, -0.1) is 32.1 Å². The SMILES string of the molecule is C=CC(O)/C(=C\c1ccc(Br)cc1)c1ccccc1.C=CC(O)/C(=C\c1ccc(C)cc1)c1ccccc1.C=CC(O)/C(=C\c1ccc(F)cc1)c1ccccc1.CN1CCN(CCC(=O)/C(=C\c2ccc(Cl)cc2)c2ccccc2)CC1.Cl. The van der Waals surface area contributed by atoms with Crippen molar-refractivity contribution < 1.29 is 24.5 Å². The molecule has 6 nitrogen and oxygen atoms in total. The Morgan fingerprint density at radius 3 is 1.23 bits per heavy atom. The van der Waals surface area contributed by atoms with E-state index in [9.17, 15) is 24.5 Å². The Balaban J connectivity index is 0.000000206. The number of hydrogen-bond donors (Lipinski definition) is 3. The molecule has 3 N–H and O–H groups in total. The van der Waals surface area contributed by atoms with E-state index in [0.29, 0.717) is 11.4 Å². The molecule has 0 radical (unpaired) electrons. The second-order valence-electron chi connectivity index (χ2n) is 19.7. The molecule has 8 aromatic rings. The van der Waals surface area contributed by atoms with Gasteiger partial charge >= 0.3 is 0 Å².